The summed E-state index contributed by atoms with van der Waals surface area (Å²) < 4.78 is 10.9. The van der Waals surface area contributed by atoms with Gasteiger partial charge in [0.25, 0.3) is 11.8 Å². The van der Waals surface area contributed by atoms with Crippen molar-refractivity contribution in [3.8, 4) is 17.4 Å². The van der Waals surface area contributed by atoms with Crippen molar-refractivity contribution in [1.82, 2.24) is 14.8 Å². The van der Waals surface area contributed by atoms with Crippen molar-refractivity contribution >= 4 is 17.5 Å². The number of fused-ring (bicyclic) bond motifs is 1. The minimum absolute atomic E-state index is 0.115. The molecule has 9 nitrogen and oxygen atoms in total. The highest BCUT2D eigenvalue weighted by atomic mass is 16.5. The Kier molecular flexibility index (Phi) is 8.57. The summed E-state index contributed by atoms with van der Waals surface area (Å²) in [7, 11) is 8.59. The fraction of sp³-hybridized carbons (Fsp3) is 0.444. The summed E-state index contributed by atoms with van der Waals surface area (Å²) in [6, 6.07) is 5.06. The maximum atomic E-state index is 13.4. The predicted octanol–water partition coefficient (Wildman–Crippen LogP) is 3.21. The molecule has 2 aromatic rings. The van der Waals surface area contributed by atoms with Crippen LogP contribution in [0, 0.1) is 0 Å². The van der Waals surface area contributed by atoms with E-state index in [9.17, 15) is 14.7 Å². The molecule has 0 saturated carbocycles. The van der Waals surface area contributed by atoms with Gasteiger partial charge in [-0.25, -0.2) is 4.98 Å². The van der Waals surface area contributed by atoms with E-state index in [1.165, 1.54) is 24.2 Å². The van der Waals surface area contributed by atoms with Gasteiger partial charge in [-0.1, -0.05) is 19.9 Å². The lowest BCUT2D eigenvalue weighted by Crippen LogP contribution is -2.37. The van der Waals surface area contributed by atoms with Crippen molar-refractivity contribution in [3.05, 3.63) is 52.7 Å². The van der Waals surface area contributed by atoms with Crippen LogP contribution < -0.4 is 14.4 Å². The third kappa shape index (κ3) is 5.79. The molecule has 2 heterocycles. The number of hydrogen-bond acceptors (Lipinski definition) is 7. The molecule has 0 bridgehead atoms. The van der Waals surface area contributed by atoms with Crippen LogP contribution in [-0.4, -0.2) is 80.2 Å². The first-order valence-corrected chi connectivity index (χ1v) is 11.9. The third-order valence-electron chi connectivity index (χ3n) is 6.22. The van der Waals surface area contributed by atoms with Gasteiger partial charge in [-0.15, -0.1) is 0 Å². The zero-order valence-electron chi connectivity index (χ0n) is 22.2. The van der Waals surface area contributed by atoms with Crippen molar-refractivity contribution in [2.75, 3.05) is 53.4 Å². The Hall–Kier alpha value is -3.59. The Morgan fingerprint density at radius 3 is 2.50 bits per heavy atom. The Bertz CT molecular complexity index is 1160. The molecule has 1 aromatic heterocycles. The number of benzene rings is 1. The fourth-order valence-corrected chi connectivity index (χ4v) is 4.15. The second-order valence-corrected chi connectivity index (χ2v) is 9.43. The number of likely N-dealkylation sites (N-methyl/N-ethyl adjacent to an activating group) is 2. The molecule has 0 aliphatic carbocycles. The number of pyridine rings is 1. The molecule has 0 radical (unpaired) electrons. The lowest BCUT2D eigenvalue weighted by molar-refractivity contribution is -0.113. The normalized spacial score (nSPS) is 13.3. The molecule has 2 amide bonds. The Balaban J connectivity index is 1.89. The van der Waals surface area contributed by atoms with Crippen molar-refractivity contribution in [2.45, 2.75) is 32.7 Å². The molecule has 36 heavy (non-hydrogen) atoms. The van der Waals surface area contributed by atoms with Gasteiger partial charge in [0.2, 0.25) is 5.88 Å². The monoisotopic (exact) mass is 496 g/mol. The number of ether oxygens (including phenoxy) is 2. The largest absolute Gasteiger partial charge is 0.507 e. The standard InChI is InChI=1S/C27H36N4O5/c1-17(2)19-14-20(23(32)15-24(19)35-6)27(34)31-12-10-21-18(16-31)13-22(26(28-21)36-7)30(5)25(33)9-8-11-29(3)4/h8-9,13-15,17,32H,10-12,16H2,1-7H3/b9-8+. The molecule has 0 saturated heterocycles. The average Bonchev–Trinajstić information content (AvgIpc) is 2.85. The van der Waals surface area contributed by atoms with Gasteiger partial charge < -0.3 is 29.3 Å². The van der Waals surface area contributed by atoms with Gasteiger partial charge in [-0.3, -0.25) is 9.59 Å². The van der Waals surface area contributed by atoms with Crippen LogP contribution in [0.1, 0.15) is 46.9 Å². The lowest BCUT2D eigenvalue weighted by Gasteiger charge is -2.30. The maximum absolute atomic E-state index is 13.4. The Morgan fingerprint density at radius 1 is 1.17 bits per heavy atom. The summed E-state index contributed by atoms with van der Waals surface area (Å²) in [5.41, 5.74) is 3.28. The van der Waals surface area contributed by atoms with Crippen LogP contribution in [0.3, 0.4) is 0 Å². The van der Waals surface area contributed by atoms with Crippen LogP contribution in [-0.2, 0) is 17.8 Å². The van der Waals surface area contributed by atoms with Crippen molar-refractivity contribution in [3.63, 3.8) is 0 Å². The number of hydrogen-bond donors (Lipinski definition) is 1. The van der Waals surface area contributed by atoms with Crippen LogP contribution in [0.5, 0.6) is 17.4 Å². The molecule has 194 valence electrons. The third-order valence-corrected chi connectivity index (χ3v) is 6.22. The number of nitrogens with zero attached hydrogens (tertiary/aromatic N) is 4. The topological polar surface area (TPSA) is 95.4 Å². The maximum Gasteiger partial charge on any atom is 0.257 e. The quantitative estimate of drug-likeness (QED) is 0.561. The van der Waals surface area contributed by atoms with Crippen LogP contribution in [0.4, 0.5) is 5.69 Å². The summed E-state index contributed by atoms with van der Waals surface area (Å²) >= 11 is 0. The zero-order chi connectivity index (χ0) is 26.6. The van der Waals surface area contributed by atoms with Gasteiger partial charge in [-0.05, 0) is 43.3 Å². The van der Waals surface area contributed by atoms with E-state index in [1.807, 2.05) is 38.9 Å². The van der Waals surface area contributed by atoms with E-state index in [0.717, 1.165) is 16.8 Å². The Morgan fingerprint density at radius 2 is 1.89 bits per heavy atom. The SMILES string of the molecule is COc1cc(O)c(C(=O)N2CCc3nc(OC)c(N(C)C(=O)/C=C/CN(C)C)cc3C2)cc1C(C)C. The van der Waals surface area contributed by atoms with Crippen LogP contribution >= 0.6 is 0 Å². The highest BCUT2D eigenvalue weighted by Gasteiger charge is 2.28. The van der Waals surface area contributed by atoms with Crippen LogP contribution in [0.25, 0.3) is 0 Å². The van der Waals surface area contributed by atoms with E-state index in [4.69, 9.17) is 9.47 Å². The van der Waals surface area contributed by atoms with Crippen molar-refractivity contribution < 1.29 is 24.2 Å². The predicted molar refractivity (Wildman–Crippen MR) is 139 cm³/mol. The molecule has 0 fully saturated rings. The summed E-state index contributed by atoms with van der Waals surface area (Å²) in [4.78, 5) is 35.9. The minimum atomic E-state index is -0.267. The van der Waals surface area contributed by atoms with E-state index in [2.05, 4.69) is 4.98 Å². The van der Waals surface area contributed by atoms with E-state index in [1.54, 1.807) is 31.2 Å². The number of anilines is 1. The molecule has 0 atom stereocenters. The molecule has 1 N–H and O–H groups in total. The number of carbonyl (C=O) groups is 2. The van der Waals surface area contributed by atoms with E-state index in [0.29, 0.717) is 43.4 Å². The molecule has 1 aliphatic heterocycles. The van der Waals surface area contributed by atoms with Gasteiger partial charge in [0, 0.05) is 45.2 Å². The summed E-state index contributed by atoms with van der Waals surface area (Å²) in [5, 5.41) is 10.6. The van der Waals surface area contributed by atoms with E-state index < -0.39 is 0 Å². The van der Waals surface area contributed by atoms with E-state index in [-0.39, 0.29) is 29.0 Å². The van der Waals surface area contributed by atoms with Gasteiger partial charge in [0.1, 0.15) is 17.2 Å². The molecule has 0 spiro atoms. The molecule has 3 rings (SSSR count). The summed E-state index contributed by atoms with van der Waals surface area (Å²) in [5.74, 6) is 0.445. The molecule has 0 unspecified atom stereocenters. The highest BCUT2D eigenvalue weighted by Crippen LogP contribution is 2.35. The van der Waals surface area contributed by atoms with Crippen molar-refractivity contribution in [1.29, 1.82) is 0 Å². The number of aromatic nitrogens is 1. The highest BCUT2D eigenvalue weighted by molar-refractivity contribution is 6.02. The smallest absolute Gasteiger partial charge is 0.257 e. The minimum Gasteiger partial charge on any atom is -0.507 e. The molecule has 1 aromatic carbocycles. The van der Waals surface area contributed by atoms with Crippen LogP contribution in [0.15, 0.2) is 30.4 Å². The van der Waals surface area contributed by atoms with Crippen LogP contribution in [0.2, 0.25) is 0 Å². The molecule has 1 aliphatic rings. The number of phenolic OH excluding ortho intramolecular Hbond substituents is 1. The van der Waals surface area contributed by atoms with Gasteiger partial charge in [0.05, 0.1) is 25.5 Å². The zero-order valence-corrected chi connectivity index (χ0v) is 22.2. The van der Waals surface area contributed by atoms with Gasteiger partial charge in [-0.2, -0.15) is 0 Å². The fourth-order valence-electron chi connectivity index (χ4n) is 4.15. The number of methoxy groups -OCH3 is 2. The second-order valence-electron chi connectivity index (χ2n) is 9.43. The lowest BCUT2D eigenvalue weighted by atomic mass is 9.97. The van der Waals surface area contributed by atoms with Gasteiger partial charge >= 0.3 is 0 Å². The molecule has 9 heteroatoms. The number of carbonyl (C=O) groups excluding carboxylic acids is 2. The Labute approximate surface area is 212 Å². The number of phenols is 1. The summed E-state index contributed by atoms with van der Waals surface area (Å²) in [6.07, 6.45) is 3.85. The first-order valence-electron chi connectivity index (χ1n) is 11.9. The first kappa shape index (κ1) is 27.0. The van der Waals surface area contributed by atoms with E-state index >= 15 is 0 Å². The molecular formula is C27H36N4O5. The van der Waals surface area contributed by atoms with Crippen molar-refractivity contribution in [2.24, 2.45) is 0 Å². The molecular weight excluding hydrogens is 460 g/mol. The number of rotatable bonds is 8. The number of aromatic hydroxyl groups is 1. The first-order chi connectivity index (χ1) is 17.1. The average molecular weight is 497 g/mol. The summed E-state index contributed by atoms with van der Waals surface area (Å²) in [6.45, 7) is 5.42. The second kappa shape index (κ2) is 11.4. The van der Waals surface area contributed by atoms with Gasteiger partial charge in [0.15, 0.2) is 0 Å². The number of amides is 2.